The third-order valence-corrected chi connectivity index (χ3v) is 3.61. The minimum atomic E-state index is -2.52. The lowest BCUT2D eigenvalue weighted by Gasteiger charge is -2.30. The molecule has 0 saturated carbocycles. The van der Waals surface area contributed by atoms with Crippen LogP contribution in [0.5, 0.6) is 5.75 Å². The monoisotopic (exact) mass is 347 g/mol. The van der Waals surface area contributed by atoms with Crippen molar-refractivity contribution < 1.29 is 18.3 Å². The van der Waals surface area contributed by atoms with Crippen molar-refractivity contribution in [2.45, 2.75) is 12.8 Å². The Morgan fingerprint density at radius 3 is 2.90 bits per heavy atom. The van der Waals surface area contributed by atoms with E-state index in [1.807, 2.05) is 24.3 Å². The molecular formula is C14H16BrF2NO2. The molecule has 20 heavy (non-hydrogen) atoms. The van der Waals surface area contributed by atoms with Crippen molar-refractivity contribution in [2.75, 3.05) is 25.0 Å². The van der Waals surface area contributed by atoms with Gasteiger partial charge in [-0.2, -0.15) is 0 Å². The van der Waals surface area contributed by atoms with Gasteiger partial charge in [-0.15, -0.1) is 0 Å². The summed E-state index contributed by atoms with van der Waals surface area (Å²) < 4.78 is 30.6. The van der Waals surface area contributed by atoms with E-state index >= 15 is 0 Å². The molecule has 1 aromatic rings. The number of nitrogens with zero attached hydrogens (tertiary/aromatic N) is 1. The maximum atomic E-state index is 12.5. The van der Waals surface area contributed by atoms with E-state index in [0.29, 0.717) is 11.8 Å². The minimum absolute atomic E-state index is 0.248. The minimum Gasteiger partial charge on any atom is -0.492 e. The number of alkyl halides is 3. The Morgan fingerprint density at radius 2 is 2.20 bits per heavy atom. The highest BCUT2D eigenvalue weighted by atomic mass is 79.9. The van der Waals surface area contributed by atoms with Crippen LogP contribution in [0.1, 0.15) is 5.56 Å². The molecule has 3 nitrogen and oxygen atoms in total. The average molecular weight is 348 g/mol. The second kappa shape index (κ2) is 7.02. The predicted octanol–water partition coefficient (Wildman–Crippen LogP) is 2.73. The van der Waals surface area contributed by atoms with Crippen molar-refractivity contribution in [3.05, 3.63) is 29.8 Å². The van der Waals surface area contributed by atoms with Crippen LogP contribution in [-0.4, -0.2) is 42.3 Å². The summed E-state index contributed by atoms with van der Waals surface area (Å²) >= 11 is 3.19. The largest absolute Gasteiger partial charge is 0.492 e. The highest BCUT2D eigenvalue weighted by Gasteiger charge is 2.30. The molecule has 1 aliphatic heterocycles. The number of amides is 1. The van der Waals surface area contributed by atoms with E-state index in [4.69, 9.17) is 4.74 Å². The van der Waals surface area contributed by atoms with Crippen LogP contribution in [0.25, 0.3) is 0 Å². The molecule has 1 aliphatic rings. The first-order valence-electron chi connectivity index (χ1n) is 6.45. The second-order valence-corrected chi connectivity index (χ2v) is 5.48. The van der Waals surface area contributed by atoms with E-state index in [2.05, 4.69) is 15.9 Å². The molecule has 0 bridgehead atoms. The quantitative estimate of drug-likeness (QED) is 0.766. The lowest BCUT2D eigenvalue weighted by Crippen LogP contribution is -2.43. The number of carbonyl (C=O) groups is 1. The zero-order chi connectivity index (χ0) is 14.5. The summed E-state index contributed by atoms with van der Waals surface area (Å²) in [4.78, 5) is 13.5. The molecule has 1 unspecified atom stereocenters. The first-order valence-corrected chi connectivity index (χ1v) is 7.57. The van der Waals surface area contributed by atoms with E-state index in [1.165, 1.54) is 4.90 Å². The van der Waals surface area contributed by atoms with Gasteiger partial charge in [-0.3, -0.25) is 4.79 Å². The van der Waals surface area contributed by atoms with Crippen molar-refractivity contribution in [3.63, 3.8) is 0 Å². The zero-order valence-corrected chi connectivity index (χ0v) is 12.5. The van der Waals surface area contributed by atoms with Gasteiger partial charge in [0, 0.05) is 11.9 Å². The average Bonchev–Trinajstić information content (AvgIpc) is 2.45. The van der Waals surface area contributed by atoms with Crippen LogP contribution in [0, 0.1) is 5.92 Å². The molecule has 6 heteroatoms. The molecule has 0 saturated heterocycles. The molecule has 1 atom stereocenters. The summed E-state index contributed by atoms with van der Waals surface area (Å²) in [7, 11) is 0. The summed E-state index contributed by atoms with van der Waals surface area (Å²) in [6.07, 6.45) is -1.98. The van der Waals surface area contributed by atoms with Crippen molar-refractivity contribution >= 4 is 21.8 Å². The Labute approximate surface area is 125 Å². The fourth-order valence-corrected chi connectivity index (χ4v) is 2.73. The number of carbonyl (C=O) groups excluding carboxylic acids is 1. The molecule has 2 rings (SSSR count). The normalized spacial score (nSPS) is 17.5. The van der Waals surface area contributed by atoms with Crippen LogP contribution in [0.4, 0.5) is 8.78 Å². The maximum Gasteiger partial charge on any atom is 0.255 e. The lowest BCUT2D eigenvalue weighted by molar-refractivity contribution is -0.138. The van der Waals surface area contributed by atoms with Gasteiger partial charge in [0.05, 0.1) is 12.5 Å². The molecule has 110 valence electrons. The van der Waals surface area contributed by atoms with Gasteiger partial charge in [0.2, 0.25) is 5.91 Å². The Hall–Kier alpha value is -1.17. The van der Waals surface area contributed by atoms with Crippen molar-refractivity contribution in [2.24, 2.45) is 5.92 Å². The van der Waals surface area contributed by atoms with Gasteiger partial charge in [-0.25, -0.2) is 8.78 Å². The number of para-hydroxylation sites is 1. The van der Waals surface area contributed by atoms with E-state index in [9.17, 15) is 13.6 Å². The molecule has 1 heterocycles. The smallest absolute Gasteiger partial charge is 0.255 e. The lowest BCUT2D eigenvalue weighted by atomic mass is 9.95. The van der Waals surface area contributed by atoms with E-state index in [0.717, 1.165) is 11.3 Å². The number of hydrogen-bond acceptors (Lipinski definition) is 2. The molecule has 0 aromatic heterocycles. The van der Waals surface area contributed by atoms with E-state index in [-0.39, 0.29) is 25.0 Å². The second-order valence-electron chi connectivity index (χ2n) is 4.68. The zero-order valence-electron chi connectivity index (χ0n) is 10.9. The number of benzene rings is 1. The van der Waals surface area contributed by atoms with E-state index < -0.39 is 13.0 Å². The van der Waals surface area contributed by atoms with Crippen LogP contribution >= 0.6 is 15.9 Å². The molecule has 1 amide bonds. The highest BCUT2D eigenvalue weighted by molar-refractivity contribution is 9.09. The third-order valence-electron chi connectivity index (χ3n) is 3.25. The maximum absolute atomic E-state index is 12.5. The first kappa shape index (κ1) is 15.2. The van der Waals surface area contributed by atoms with Crippen LogP contribution in [-0.2, 0) is 11.2 Å². The van der Waals surface area contributed by atoms with Gasteiger partial charge >= 0.3 is 0 Å². The SMILES string of the molecule is O=C(C1COc2ccccc2C1)N(CCBr)CC(F)F. The van der Waals surface area contributed by atoms with Crippen LogP contribution in [0.2, 0.25) is 0 Å². The Bertz CT molecular complexity index is 470. The van der Waals surface area contributed by atoms with E-state index in [1.54, 1.807) is 0 Å². The standard InChI is InChI=1S/C14H16BrF2NO2/c15-5-6-18(8-13(16)17)14(19)11-7-10-3-1-2-4-12(10)20-9-11/h1-4,11,13H,5-9H2. The van der Waals surface area contributed by atoms with Crippen molar-refractivity contribution in [1.82, 2.24) is 4.90 Å². The van der Waals surface area contributed by atoms with Gasteiger partial charge in [0.15, 0.2) is 0 Å². The van der Waals surface area contributed by atoms with Gasteiger partial charge in [0.25, 0.3) is 6.43 Å². The summed E-state index contributed by atoms with van der Waals surface area (Å²) in [5, 5.41) is 0.482. The van der Waals surface area contributed by atoms with Crippen LogP contribution < -0.4 is 4.74 Å². The fraction of sp³-hybridized carbons (Fsp3) is 0.500. The predicted molar refractivity (Wildman–Crippen MR) is 75.5 cm³/mol. The van der Waals surface area contributed by atoms with Gasteiger partial charge in [0.1, 0.15) is 12.4 Å². The number of fused-ring (bicyclic) bond motifs is 1. The van der Waals surface area contributed by atoms with Crippen LogP contribution in [0.15, 0.2) is 24.3 Å². The molecule has 0 N–H and O–H groups in total. The fourth-order valence-electron chi connectivity index (χ4n) is 2.30. The molecule has 0 fully saturated rings. The number of ether oxygens (including phenoxy) is 1. The Morgan fingerprint density at radius 1 is 1.45 bits per heavy atom. The Balaban J connectivity index is 2.05. The van der Waals surface area contributed by atoms with Crippen LogP contribution in [0.3, 0.4) is 0 Å². The van der Waals surface area contributed by atoms with Gasteiger partial charge in [-0.1, -0.05) is 34.1 Å². The third kappa shape index (κ3) is 3.69. The topological polar surface area (TPSA) is 29.5 Å². The summed E-state index contributed by atoms with van der Waals surface area (Å²) in [5.74, 6) is 0.124. The summed E-state index contributed by atoms with van der Waals surface area (Å²) in [6.45, 7) is 0.00176. The molecule has 1 aromatic carbocycles. The molecular weight excluding hydrogens is 332 g/mol. The number of rotatable bonds is 5. The van der Waals surface area contributed by atoms with Crippen molar-refractivity contribution in [3.8, 4) is 5.75 Å². The van der Waals surface area contributed by atoms with Gasteiger partial charge < -0.3 is 9.64 Å². The molecule has 0 aliphatic carbocycles. The van der Waals surface area contributed by atoms with Crippen molar-refractivity contribution in [1.29, 1.82) is 0 Å². The summed E-state index contributed by atoms with van der Waals surface area (Å²) in [5.41, 5.74) is 0.952. The van der Waals surface area contributed by atoms with Gasteiger partial charge in [-0.05, 0) is 18.1 Å². The number of halogens is 3. The number of hydrogen-bond donors (Lipinski definition) is 0. The Kier molecular flexibility index (Phi) is 5.34. The summed E-state index contributed by atoms with van der Waals surface area (Å²) in [6, 6.07) is 7.50. The molecule has 0 radical (unpaired) electrons. The molecule has 0 spiro atoms. The first-order chi connectivity index (χ1) is 9.61. The highest BCUT2D eigenvalue weighted by Crippen LogP contribution is 2.27.